The molecule has 1 fully saturated rings. The van der Waals surface area contributed by atoms with Crippen LogP contribution in [0.4, 0.5) is 4.79 Å². The molecule has 1 aliphatic heterocycles. The second-order valence-electron chi connectivity index (χ2n) is 3.66. The van der Waals surface area contributed by atoms with E-state index in [1.54, 1.807) is 0 Å². The first-order valence-corrected chi connectivity index (χ1v) is 5.66. The van der Waals surface area contributed by atoms with E-state index in [9.17, 15) is 14.4 Å². The predicted octanol–water partition coefficient (Wildman–Crippen LogP) is 1.58. The summed E-state index contributed by atoms with van der Waals surface area (Å²) in [7, 11) is 0. The first kappa shape index (κ1) is 13.1. The molecule has 19 heavy (non-hydrogen) atoms. The lowest BCUT2D eigenvalue weighted by atomic mass is 10.1. The Labute approximate surface area is 113 Å². The number of amides is 4. The lowest BCUT2D eigenvalue weighted by Crippen LogP contribution is -2.54. The summed E-state index contributed by atoms with van der Waals surface area (Å²) in [6.07, 6.45) is 2.61. The Morgan fingerprint density at radius 1 is 1.37 bits per heavy atom. The predicted molar refractivity (Wildman–Crippen MR) is 67.1 cm³/mol. The quantitative estimate of drug-likeness (QED) is 0.518. The van der Waals surface area contributed by atoms with Gasteiger partial charge in [-0.15, -0.1) is 6.58 Å². The van der Waals surface area contributed by atoms with Crippen LogP contribution in [0, 0.1) is 0 Å². The maximum atomic E-state index is 12.0. The zero-order valence-electron chi connectivity index (χ0n) is 9.68. The molecular weight excluding hydrogens is 272 g/mol. The number of halogens is 1. The summed E-state index contributed by atoms with van der Waals surface area (Å²) < 4.78 is 5.04. The molecule has 1 aromatic rings. The molecule has 2 rings (SSSR count). The largest absolute Gasteiger partial charge is 0.445 e. The van der Waals surface area contributed by atoms with Crippen molar-refractivity contribution in [1.29, 1.82) is 0 Å². The van der Waals surface area contributed by atoms with E-state index in [0.29, 0.717) is 0 Å². The third-order valence-corrected chi connectivity index (χ3v) is 2.58. The molecule has 0 saturated carbocycles. The van der Waals surface area contributed by atoms with Crippen LogP contribution < -0.4 is 5.32 Å². The van der Waals surface area contributed by atoms with Crippen LogP contribution in [0.3, 0.4) is 0 Å². The average molecular weight is 281 g/mol. The van der Waals surface area contributed by atoms with E-state index in [0.717, 1.165) is 4.90 Å². The number of rotatable bonds is 3. The second kappa shape index (κ2) is 5.11. The highest BCUT2D eigenvalue weighted by molar-refractivity contribution is 6.31. The number of hydrogen-bond acceptors (Lipinski definition) is 4. The number of carbonyl (C=O) groups is 3. The third kappa shape index (κ3) is 2.58. The number of barbiturate groups is 1. The van der Waals surface area contributed by atoms with Gasteiger partial charge in [0.2, 0.25) is 0 Å². The molecule has 1 saturated heterocycles. The minimum atomic E-state index is -0.775. The lowest BCUT2D eigenvalue weighted by Gasteiger charge is -2.24. The highest BCUT2D eigenvalue weighted by Crippen LogP contribution is 2.18. The summed E-state index contributed by atoms with van der Waals surface area (Å²) in [5, 5.41) is 2.19. The van der Waals surface area contributed by atoms with E-state index >= 15 is 0 Å². The number of imide groups is 2. The van der Waals surface area contributed by atoms with Crippen LogP contribution in [-0.2, 0) is 9.59 Å². The van der Waals surface area contributed by atoms with Gasteiger partial charge in [0.05, 0.1) is 0 Å². The minimum Gasteiger partial charge on any atom is -0.445 e. The van der Waals surface area contributed by atoms with Gasteiger partial charge >= 0.3 is 6.03 Å². The minimum absolute atomic E-state index is 0.00813. The average Bonchev–Trinajstić information content (AvgIpc) is 2.76. The van der Waals surface area contributed by atoms with Gasteiger partial charge in [-0.05, 0) is 29.8 Å². The molecule has 1 aliphatic rings. The maximum Gasteiger partial charge on any atom is 0.331 e. The van der Waals surface area contributed by atoms with Crippen LogP contribution in [0.25, 0.3) is 6.08 Å². The summed E-state index contributed by atoms with van der Waals surface area (Å²) in [6, 6.07) is 2.21. The highest BCUT2D eigenvalue weighted by Gasteiger charge is 2.35. The van der Waals surface area contributed by atoms with E-state index in [2.05, 4.69) is 11.9 Å². The molecule has 0 radical (unpaired) electrons. The zero-order valence-corrected chi connectivity index (χ0v) is 10.4. The van der Waals surface area contributed by atoms with Crippen molar-refractivity contribution in [3.05, 3.63) is 41.3 Å². The second-order valence-corrected chi connectivity index (χ2v) is 4.04. The Bertz CT molecular complexity index is 603. The molecule has 0 aliphatic carbocycles. The topological polar surface area (TPSA) is 79.6 Å². The molecule has 0 atom stereocenters. The molecule has 0 unspecified atom stereocenters. The Hall–Kier alpha value is -2.34. The van der Waals surface area contributed by atoms with Crippen LogP contribution in [0.5, 0.6) is 0 Å². The summed E-state index contributed by atoms with van der Waals surface area (Å²) in [5.74, 6) is -1.24. The van der Waals surface area contributed by atoms with Gasteiger partial charge in [0.1, 0.15) is 11.3 Å². The Balaban J connectivity index is 2.35. The summed E-state index contributed by atoms with van der Waals surface area (Å²) in [4.78, 5) is 36.0. The number of hydrogen-bond donors (Lipinski definition) is 1. The number of carbonyl (C=O) groups excluding carboxylic acids is 3. The van der Waals surface area contributed by atoms with Crippen LogP contribution in [0.2, 0.25) is 5.22 Å². The van der Waals surface area contributed by atoms with Gasteiger partial charge in [0.15, 0.2) is 5.22 Å². The molecule has 2 heterocycles. The first-order valence-electron chi connectivity index (χ1n) is 5.28. The normalized spacial score (nSPS) is 17.8. The molecule has 98 valence electrons. The molecule has 4 amide bonds. The molecule has 7 heteroatoms. The van der Waals surface area contributed by atoms with E-state index in [1.165, 1.54) is 24.3 Å². The SMILES string of the molecule is C=CCN1C(=O)NC(=O)/C(=C\c2ccc(Cl)o2)C1=O. The van der Waals surface area contributed by atoms with E-state index < -0.39 is 17.8 Å². The van der Waals surface area contributed by atoms with E-state index in [-0.39, 0.29) is 23.1 Å². The number of furan rings is 1. The summed E-state index contributed by atoms with van der Waals surface area (Å²) in [6.45, 7) is 3.45. The zero-order chi connectivity index (χ0) is 14.0. The van der Waals surface area contributed by atoms with Crippen LogP contribution in [-0.4, -0.2) is 29.3 Å². The molecule has 1 N–H and O–H groups in total. The van der Waals surface area contributed by atoms with Crippen molar-refractivity contribution in [3.8, 4) is 0 Å². The smallest absolute Gasteiger partial charge is 0.331 e. The lowest BCUT2D eigenvalue weighted by molar-refractivity contribution is -0.129. The fraction of sp³-hybridized carbons (Fsp3) is 0.0833. The van der Waals surface area contributed by atoms with Gasteiger partial charge in [-0.2, -0.15) is 0 Å². The van der Waals surface area contributed by atoms with Gasteiger partial charge in [-0.25, -0.2) is 4.79 Å². The third-order valence-electron chi connectivity index (χ3n) is 2.38. The van der Waals surface area contributed by atoms with Crippen molar-refractivity contribution >= 4 is 35.5 Å². The van der Waals surface area contributed by atoms with Crippen molar-refractivity contribution < 1.29 is 18.8 Å². The fourth-order valence-electron chi connectivity index (χ4n) is 1.54. The molecule has 0 aromatic carbocycles. The Morgan fingerprint density at radius 2 is 2.11 bits per heavy atom. The Kier molecular flexibility index (Phi) is 3.52. The molecule has 6 nitrogen and oxygen atoms in total. The van der Waals surface area contributed by atoms with Crippen molar-refractivity contribution in [2.75, 3.05) is 6.54 Å². The van der Waals surface area contributed by atoms with E-state index in [1.807, 2.05) is 0 Å². The van der Waals surface area contributed by atoms with Crippen molar-refractivity contribution in [1.82, 2.24) is 10.2 Å². The maximum absolute atomic E-state index is 12.0. The molecular formula is C12H9ClN2O4. The highest BCUT2D eigenvalue weighted by atomic mass is 35.5. The molecule has 0 bridgehead atoms. The monoisotopic (exact) mass is 280 g/mol. The fourth-order valence-corrected chi connectivity index (χ4v) is 1.69. The van der Waals surface area contributed by atoms with Crippen molar-refractivity contribution in [3.63, 3.8) is 0 Å². The molecule has 1 aromatic heterocycles. The van der Waals surface area contributed by atoms with Crippen LogP contribution in [0.15, 0.2) is 34.8 Å². The van der Waals surface area contributed by atoms with Crippen LogP contribution >= 0.6 is 11.6 Å². The van der Waals surface area contributed by atoms with Gasteiger partial charge in [0.25, 0.3) is 11.8 Å². The van der Waals surface area contributed by atoms with Gasteiger partial charge in [-0.3, -0.25) is 19.8 Å². The van der Waals surface area contributed by atoms with Gasteiger partial charge in [0, 0.05) is 6.54 Å². The van der Waals surface area contributed by atoms with Gasteiger partial charge < -0.3 is 4.42 Å². The molecule has 0 spiro atoms. The Morgan fingerprint density at radius 3 is 2.68 bits per heavy atom. The number of nitrogens with zero attached hydrogens (tertiary/aromatic N) is 1. The first-order chi connectivity index (χ1) is 9.02. The number of urea groups is 1. The summed E-state index contributed by atoms with van der Waals surface area (Å²) >= 11 is 5.59. The van der Waals surface area contributed by atoms with Gasteiger partial charge in [-0.1, -0.05) is 6.08 Å². The van der Waals surface area contributed by atoms with Crippen molar-refractivity contribution in [2.24, 2.45) is 0 Å². The summed E-state index contributed by atoms with van der Waals surface area (Å²) in [5.41, 5.74) is -0.201. The van der Waals surface area contributed by atoms with Crippen LogP contribution in [0.1, 0.15) is 5.76 Å². The number of nitrogens with one attached hydrogen (secondary N) is 1. The van der Waals surface area contributed by atoms with E-state index in [4.69, 9.17) is 16.0 Å². The standard InChI is InChI=1S/C12H9ClN2O4/c1-2-5-15-11(17)8(10(16)14-12(15)18)6-7-3-4-9(13)19-7/h2-4,6H,1,5H2,(H,14,16,18)/b8-6+. The van der Waals surface area contributed by atoms with Crippen molar-refractivity contribution in [2.45, 2.75) is 0 Å².